The van der Waals surface area contributed by atoms with Crippen LogP contribution in [-0.2, 0) is 0 Å². The number of benzene rings is 1. The highest BCUT2D eigenvalue weighted by Crippen LogP contribution is 2.20. The third-order valence-corrected chi connectivity index (χ3v) is 3.51. The zero-order valence-corrected chi connectivity index (χ0v) is 11.9. The van der Waals surface area contributed by atoms with Gasteiger partial charge in [0, 0.05) is 17.6 Å². The second-order valence-electron chi connectivity index (χ2n) is 4.18. The van der Waals surface area contributed by atoms with Gasteiger partial charge in [0.1, 0.15) is 5.82 Å². The second kappa shape index (κ2) is 6.15. The van der Waals surface area contributed by atoms with Crippen molar-refractivity contribution in [2.75, 3.05) is 7.05 Å². The van der Waals surface area contributed by atoms with Crippen LogP contribution in [0.2, 0.25) is 0 Å². The summed E-state index contributed by atoms with van der Waals surface area (Å²) in [5, 5.41) is 0. The van der Waals surface area contributed by atoms with E-state index in [1.807, 2.05) is 6.92 Å². The molecule has 0 aliphatic rings. The van der Waals surface area contributed by atoms with Crippen molar-refractivity contribution in [1.82, 2.24) is 4.90 Å². The van der Waals surface area contributed by atoms with Crippen molar-refractivity contribution >= 4 is 21.8 Å². The molecule has 1 atom stereocenters. The van der Waals surface area contributed by atoms with Crippen molar-refractivity contribution in [3.8, 4) is 0 Å². The second-order valence-corrected chi connectivity index (χ2v) is 5.03. The van der Waals surface area contributed by atoms with Crippen LogP contribution in [0.3, 0.4) is 0 Å². The standard InChI is InChI=1S/C13H17BrFNO/c1-4-5-9(2)16(3)13(17)11-7-6-10(15)8-12(11)14/h6-9H,4-5H2,1-3H3. The molecule has 0 heterocycles. The maximum absolute atomic E-state index is 12.9. The Morgan fingerprint density at radius 1 is 1.53 bits per heavy atom. The molecule has 0 aliphatic carbocycles. The van der Waals surface area contributed by atoms with Gasteiger partial charge in [-0.3, -0.25) is 4.79 Å². The van der Waals surface area contributed by atoms with E-state index in [-0.39, 0.29) is 17.8 Å². The van der Waals surface area contributed by atoms with E-state index in [9.17, 15) is 9.18 Å². The van der Waals surface area contributed by atoms with Gasteiger partial charge in [0.25, 0.3) is 5.91 Å². The molecule has 4 heteroatoms. The van der Waals surface area contributed by atoms with Gasteiger partial charge in [0.05, 0.1) is 5.56 Å². The Morgan fingerprint density at radius 3 is 2.71 bits per heavy atom. The predicted octanol–water partition coefficient (Wildman–Crippen LogP) is 3.85. The first-order valence-corrected chi connectivity index (χ1v) is 6.48. The lowest BCUT2D eigenvalue weighted by molar-refractivity contribution is 0.0736. The van der Waals surface area contributed by atoms with E-state index >= 15 is 0 Å². The minimum absolute atomic E-state index is 0.0853. The van der Waals surface area contributed by atoms with E-state index in [0.29, 0.717) is 10.0 Å². The summed E-state index contributed by atoms with van der Waals surface area (Å²) in [7, 11) is 1.78. The van der Waals surface area contributed by atoms with Gasteiger partial charge in [-0.25, -0.2) is 4.39 Å². The highest BCUT2D eigenvalue weighted by Gasteiger charge is 2.19. The first-order valence-electron chi connectivity index (χ1n) is 5.69. The molecule has 1 aromatic rings. The molecule has 1 unspecified atom stereocenters. The van der Waals surface area contributed by atoms with Gasteiger partial charge in [0.15, 0.2) is 0 Å². The van der Waals surface area contributed by atoms with Crippen molar-refractivity contribution in [3.63, 3.8) is 0 Å². The van der Waals surface area contributed by atoms with Crippen molar-refractivity contribution < 1.29 is 9.18 Å². The maximum Gasteiger partial charge on any atom is 0.254 e. The number of hydrogen-bond donors (Lipinski definition) is 0. The summed E-state index contributed by atoms with van der Waals surface area (Å²) in [6, 6.07) is 4.31. The number of amides is 1. The zero-order chi connectivity index (χ0) is 13.0. The molecule has 0 N–H and O–H groups in total. The summed E-state index contributed by atoms with van der Waals surface area (Å²) in [6.07, 6.45) is 1.99. The Labute approximate surface area is 110 Å². The molecular formula is C13H17BrFNO. The molecular weight excluding hydrogens is 285 g/mol. The Hall–Kier alpha value is -0.900. The molecule has 0 saturated heterocycles. The van der Waals surface area contributed by atoms with Crippen LogP contribution in [-0.4, -0.2) is 23.9 Å². The van der Waals surface area contributed by atoms with Gasteiger partial charge >= 0.3 is 0 Å². The molecule has 0 radical (unpaired) electrons. The fourth-order valence-electron chi connectivity index (χ4n) is 1.66. The number of rotatable bonds is 4. The molecule has 94 valence electrons. The summed E-state index contributed by atoms with van der Waals surface area (Å²) in [4.78, 5) is 13.9. The van der Waals surface area contributed by atoms with Crippen LogP contribution in [0.15, 0.2) is 22.7 Å². The quantitative estimate of drug-likeness (QED) is 0.827. The average Bonchev–Trinajstić information content (AvgIpc) is 2.27. The molecule has 0 aromatic heterocycles. The molecule has 1 amide bonds. The Kier molecular flexibility index (Phi) is 5.12. The highest BCUT2D eigenvalue weighted by atomic mass is 79.9. The van der Waals surface area contributed by atoms with Crippen LogP contribution in [0.25, 0.3) is 0 Å². The number of nitrogens with zero attached hydrogens (tertiary/aromatic N) is 1. The minimum atomic E-state index is -0.349. The zero-order valence-electron chi connectivity index (χ0n) is 10.3. The van der Waals surface area contributed by atoms with Crippen molar-refractivity contribution in [1.29, 1.82) is 0 Å². The van der Waals surface area contributed by atoms with Crippen LogP contribution in [0.1, 0.15) is 37.0 Å². The SMILES string of the molecule is CCCC(C)N(C)C(=O)c1ccc(F)cc1Br. The number of carbonyl (C=O) groups excluding carboxylic acids is 1. The average molecular weight is 302 g/mol. The fraction of sp³-hybridized carbons (Fsp3) is 0.462. The molecule has 17 heavy (non-hydrogen) atoms. The van der Waals surface area contributed by atoms with Crippen molar-refractivity contribution in [2.24, 2.45) is 0 Å². The van der Waals surface area contributed by atoms with E-state index in [2.05, 4.69) is 22.9 Å². The summed E-state index contributed by atoms with van der Waals surface area (Å²) in [6.45, 7) is 4.10. The Morgan fingerprint density at radius 2 is 2.18 bits per heavy atom. The molecule has 0 bridgehead atoms. The van der Waals surface area contributed by atoms with Gasteiger partial charge in [-0.2, -0.15) is 0 Å². The maximum atomic E-state index is 12.9. The lowest BCUT2D eigenvalue weighted by Crippen LogP contribution is -2.35. The Balaban J connectivity index is 2.88. The third-order valence-electron chi connectivity index (χ3n) is 2.85. The summed E-state index contributed by atoms with van der Waals surface area (Å²) >= 11 is 3.22. The van der Waals surface area contributed by atoms with Gasteiger partial charge in [-0.1, -0.05) is 13.3 Å². The smallest absolute Gasteiger partial charge is 0.254 e. The van der Waals surface area contributed by atoms with Gasteiger partial charge in [-0.05, 0) is 47.5 Å². The van der Waals surface area contributed by atoms with Crippen LogP contribution in [0.4, 0.5) is 4.39 Å². The predicted molar refractivity (Wildman–Crippen MR) is 70.6 cm³/mol. The molecule has 0 saturated carbocycles. The largest absolute Gasteiger partial charge is 0.339 e. The first-order chi connectivity index (χ1) is 7.97. The normalized spacial score (nSPS) is 12.3. The molecule has 1 aromatic carbocycles. The molecule has 0 aliphatic heterocycles. The first kappa shape index (κ1) is 14.2. The summed E-state index contributed by atoms with van der Waals surface area (Å²) < 4.78 is 13.4. The number of carbonyl (C=O) groups is 1. The van der Waals surface area contributed by atoms with Gasteiger partial charge in [-0.15, -0.1) is 0 Å². The Bertz CT molecular complexity index is 408. The van der Waals surface area contributed by atoms with Crippen LogP contribution in [0, 0.1) is 5.82 Å². The van der Waals surface area contributed by atoms with Gasteiger partial charge in [0.2, 0.25) is 0 Å². The summed E-state index contributed by atoms with van der Waals surface area (Å²) in [5.74, 6) is -0.435. The number of hydrogen-bond acceptors (Lipinski definition) is 1. The van der Waals surface area contributed by atoms with Crippen molar-refractivity contribution in [2.45, 2.75) is 32.7 Å². The lowest BCUT2D eigenvalue weighted by Gasteiger charge is -2.25. The highest BCUT2D eigenvalue weighted by molar-refractivity contribution is 9.10. The monoisotopic (exact) mass is 301 g/mol. The number of halogens is 2. The van der Waals surface area contributed by atoms with E-state index in [1.165, 1.54) is 18.2 Å². The van der Waals surface area contributed by atoms with Crippen molar-refractivity contribution in [3.05, 3.63) is 34.1 Å². The van der Waals surface area contributed by atoms with E-state index in [0.717, 1.165) is 12.8 Å². The third kappa shape index (κ3) is 3.53. The minimum Gasteiger partial charge on any atom is -0.339 e. The topological polar surface area (TPSA) is 20.3 Å². The van der Waals surface area contributed by atoms with Gasteiger partial charge < -0.3 is 4.90 Å². The summed E-state index contributed by atoms with van der Waals surface area (Å²) in [5.41, 5.74) is 0.497. The molecule has 0 spiro atoms. The van der Waals surface area contributed by atoms with Crippen LogP contribution < -0.4 is 0 Å². The molecule has 2 nitrogen and oxygen atoms in total. The fourth-order valence-corrected chi connectivity index (χ4v) is 2.18. The van der Waals surface area contributed by atoms with E-state index in [1.54, 1.807) is 11.9 Å². The molecule has 0 fully saturated rings. The van der Waals surface area contributed by atoms with E-state index < -0.39 is 0 Å². The molecule has 1 rings (SSSR count). The lowest BCUT2D eigenvalue weighted by atomic mass is 10.1. The van der Waals surface area contributed by atoms with E-state index in [4.69, 9.17) is 0 Å². The van der Waals surface area contributed by atoms with Crippen LogP contribution >= 0.6 is 15.9 Å². The van der Waals surface area contributed by atoms with Crippen LogP contribution in [0.5, 0.6) is 0 Å².